The molecule has 0 N–H and O–H groups in total. The lowest BCUT2D eigenvalue weighted by Gasteiger charge is -2.13. The van der Waals surface area contributed by atoms with Gasteiger partial charge in [-0.05, 0) is 19.1 Å². The fourth-order valence-corrected chi connectivity index (χ4v) is 0.827. The van der Waals surface area contributed by atoms with Crippen LogP contribution in [0.4, 0.5) is 0 Å². The maximum absolute atomic E-state index is 5.08. The number of nitrogens with zero attached hydrogens (tertiary/aromatic N) is 1. The van der Waals surface area contributed by atoms with E-state index in [1.165, 1.54) is 0 Å². The average molecular weight is 113 g/mol. The van der Waals surface area contributed by atoms with Gasteiger partial charge in [-0.2, -0.15) is 0 Å². The zero-order valence-corrected chi connectivity index (χ0v) is 5.13. The molecule has 1 aliphatic rings. The summed E-state index contributed by atoms with van der Waals surface area (Å²) in [6.07, 6.45) is 4.58. The van der Waals surface area contributed by atoms with Crippen LogP contribution in [0.25, 0.3) is 0 Å². The molecule has 46 valence electrons. The zero-order chi connectivity index (χ0) is 5.82. The Balaban J connectivity index is 2.27. The molecule has 1 atom stereocenters. The standard InChI is InChI=1S/C6H11NO/c1-8-6-3-2-4-7-5-6/h4,6H,2-3,5H2,1H3. The molecule has 0 aromatic carbocycles. The van der Waals surface area contributed by atoms with Crippen molar-refractivity contribution in [1.29, 1.82) is 0 Å². The van der Waals surface area contributed by atoms with Gasteiger partial charge in [0.15, 0.2) is 0 Å². The van der Waals surface area contributed by atoms with Crippen LogP contribution in [0.2, 0.25) is 0 Å². The molecule has 0 aliphatic carbocycles. The highest BCUT2D eigenvalue weighted by molar-refractivity contribution is 5.58. The summed E-state index contributed by atoms with van der Waals surface area (Å²) in [5, 5.41) is 0. The molecule has 8 heavy (non-hydrogen) atoms. The molecule has 0 aromatic rings. The monoisotopic (exact) mass is 113 g/mol. The summed E-state index contributed by atoms with van der Waals surface area (Å²) in [6, 6.07) is 0. The normalized spacial score (nSPS) is 28.4. The van der Waals surface area contributed by atoms with Gasteiger partial charge in [-0.15, -0.1) is 0 Å². The van der Waals surface area contributed by atoms with Crippen molar-refractivity contribution in [1.82, 2.24) is 0 Å². The molecule has 0 amide bonds. The summed E-state index contributed by atoms with van der Waals surface area (Å²) >= 11 is 0. The number of hydrogen-bond donors (Lipinski definition) is 0. The van der Waals surface area contributed by atoms with E-state index in [0.717, 1.165) is 19.4 Å². The SMILES string of the molecule is COC1CCC=NC1. The van der Waals surface area contributed by atoms with Crippen LogP contribution >= 0.6 is 0 Å². The first-order valence-electron chi connectivity index (χ1n) is 2.94. The molecule has 0 saturated carbocycles. The Labute approximate surface area is 49.6 Å². The number of ether oxygens (including phenoxy) is 1. The van der Waals surface area contributed by atoms with Crippen LogP contribution in [-0.4, -0.2) is 26.0 Å². The number of rotatable bonds is 1. The van der Waals surface area contributed by atoms with Gasteiger partial charge in [0, 0.05) is 7.11 Å². The Kier molecular flexibility index (Phi) is 2.03. The van der Waals surface area contributed by atoms with E-state index in [4.69, 9.17) is 4.74 Å². The Morgan fingerprint density at radius 3 is 3.00 bits per heavy atom. The van der Waals surface area contributed by atoms with Crippen molar-refractivity contribution >= 4 is 6.21 Å². The predicted octanol–water partition coefficient (Wildman–Crippen LogP) is 0.866. The first-order valence-corrected chi connectivity index (χ1v) is 2.94. The third-order valence-electron chi connectivity index (χ3n) is 1.39. The van der Waals surface area contributed by atoms with Crippen molar-refractivity contribution in [3.63, 3.8) is 0 Å². The molecule has 0 radical (unpaired) electrons. The minimum absolute atomic E-state index is 0.389. The van der Waals surface area contributed by atoms with Gasteiger partial charge in [0.25, 0.3) is 0 Å². The lowest BCUT2D eigenvalue weighted by molar-refractivity contribution is 0.102. The summed E-state index contributed by atoms with van der Waals surface area (Å²) in [5.41, 5.74) is 0. The minimum Gasteiger partial charge on any atom is -0.380 e. The van der Waals surface area contributed by atoms with Crippen molar-refractivity contribution in [3.8, 4) is 0 Å². The van der Waals surface area contributed by atoms with Crippen molar-refractivity contribution in [2.45, 2.75) is 18.9 Å². The largest absolute Gasteiger partial charge is 0.380 e. The van der Waals surface area contributed by atoms with Gasteiger partial charge >= 0.3 is 0 Å². The topological polar surface area (TPSA) is 21.6 Å². The molecule has 0 spiro atoms. The number of hydrogen-bond acceptors (Lipinski definition) is 2. The van der Waals surface area contributed by atoms with Crippen LogP contribution in [0.3, 0.4) is 0 Å². The molecular weight excluding hydrogens is 102 g/mol. The third kappa shape index (κ3) is 1.30. The maximum Gasteiger partial charge on any atom is 0.0769 e. The van der Waals surface area contributed by atoms with Gasteiger partial charge < -0.3 is 4.74 Å². The van der Waals surface area contributed by atoms with Gasteiger partial charge in [-0.1, -0.05) is 0 Å². The quantitative estimate of drug-likeness (QED) is 0.494. The Bertz CT molecular complexity index is 90.5. The van der Waals surface area contributed by atoms with Gasteiger partial charge in [-0.25, -0.2) is 0 Å². The number of aliphatic imine (C=N–C) groups is 1. The van der Waals surface area contributed by atoms with Crippen LogP contribution in [0, 0.1) is 0 Å². The fourth-order valence-electron chi connectivity index (χ4n) is 0.827. The molecule has 0 fully saturated rings. The van der Waals surface area contributed by atoms with Crippen LogP contribution in [-0.2, 0) is 4.74 Å². The lowest BCUT2D eigenvalue weighted by atomic mass is 10.2. The Morgan fingerprint density at radius 2 is 2.62 bits per heavy atom. The second-order valence-corrected chi connectivity index (χ2v) is 1.98. The van der Waals surface area contributed by atoms with Crippen molar-refractivity contribution in [2.75, 3.05) is 13.7 Å². The molecular formula is C6H11NO. The molecule has 1 heterocycles. The third-order valence-corrected chi connectivity index (χ3v) is 1.39. The molecule has 0 aromatic heterocycles. The van der Waals surface area contributed by atoms with Crippen LogP contribution in [0.5, 0.6) is 0 Å². The highest BCUT2D eigenvalue weighted by Gasteiger charge is 2.06. The maximum atomic E-state index is 5.08. The van der Waals surface area contributed by atoms with E-state index in [0.29, 0.717) is 6.10 Å². The van der Waals surface area contributed by atoms with Crippen LogP contribution in [0.1, 0.15) is 12.8 Å². The van der Waals surface area contributed by atoms with E-state index in [1.54, 1.807) is 7.11 Å². The summed E-state index contributed by atoms with van der Waals surface area (Å²) in [4.78, 5) is 4.08. The smallest absolute Gasteiger partial charge is 0.0769 e. The van der Waals surface area contributed by atoms with Crippen molar-refractivity contribution < 1.29 is 4.74 Å². The lowest BCUT2D eigenvalue weighted by Crippen LogP contribution is -2.17. The summed E-state index contributed by atoms with van der Waals surface area (Å²) in [7, 11) is 1.74. The van der Waals surface area contributed by atoms with E-state index in [2.05, 4.69) is 4.99 Å². The molecule has 1 unspecified atom stereocenters. The van der Waals surface area contributed by atoms with Gasteiger partial charge in [0.1, 0.15) is 0 Å². The molecule has 1 rings (SSSR count). The van der Waals surface area contributed by atoms with E-state index in [1.807, 2.05) is 6.21 Å². The first kappa shape index (κ1) is 5.76. The Morgan fingerprint density at radius 1 is 1.75 bits per heavy atom. The first-order chi connectivity index (χ1) is 3.93. The summed E-state index contributed by atoms with van der Waals surface area (Å²) in [6.45, 7) is 0.858. The molecule has 0 saturated heterocycles. The Hall–Kier alpha value is -0.370. The van der Waals surface area contributed by atoms with Gasteiger partial charge in [0.05, 0.1) is 12.6 Å². The van der Waals surface area contributed by atoms with Crippen LogP contribution in [0.15, 0.2) is 4.99 Å². The molecule has 1 aliphatic heterocycles. The van der Waals surface area contributed by atoms with Gasteiger partial charge in [0.2, 0.25) is 0 Å². The summed E-state index contributed by atoms with van der Waals surface area (Å²) in [5.74, 6) is 0. The fraction of sp³-hybridized carbons (Fsp3) is 0.833. The van der Waals surface area contributed by atoms with E-state index < -0.39 is 0 Å². The minimum atomic E-state index is 0.389. The molecule has 2 heteroatoms. The number of methoxy groups -OCH3 is 1. The van der Waals surface area contributed by atoms with E-state index in [-0.39, 0.29) is 0 Å². The van der Waals surface area contributed by atoms with E-state index in [9.17, 15) is 0 Å². The second-order valence-electron chi connectivity index (χ2n) is 1.98. The van der Waals surface area contributed by atoms with E-state index >= 15 is 0 Å². The second kappa shape index (κ2) is 2.82. The highest BCUT2D eigenvalue weighted by atomic mass is 16.5. The van der Waals surface area contributed by atoms with Gasteiger partial charge in [-0.3, -0.25) is 4.99 Å². The zero-order valence-electron chi connectivity index (χ0n) is 5.13. The highest BCUT2D eigenvalue weighted by Crippen LogP contribution is 2.04. The average Bonchev–Trinajstić information content (AvgIpc) is 1.90. The van der Waals surface area contributed by atoms with Crippen LogP contribution < -0.4 is 0 Å². The van der Waals surface area contributed by atoms with Crippen molar-refractivity contribution in [2.24, 2.45) is 4.99 Å². The van der Waals surface area contributed by atoms with Crippen molar-refractivity contribution in [3.05, 3.63) is 0 Å². The molecule has 0 bridgehead atoms. The predicted molar refractivity (Wildman–Crippen MR) is 33.4 cm³/mol. The molecule has 2 nitrogen and oxygen atoms in total. The summed E-state index contributed by atoms with van der Waals surface area (Å²) < 4.78 is 5.08.